The van der Waals surface area contributed by atoms with E-state index in [-0.39, 0.29) is 22.7 Å². The minimum atomic E-state index is -2.34. The van der Waals surface area contributed by atoms with Crippen LogP contribution in [0.3, 0.4) is 0 Å². The zero-order valence-electron chi connectivity index (χ0n) is 29.0. The van der Waals surface area contributed by atoms with E-state index in [1.54, 1.807) is 12.1 Å². The Balaban J connectivity index is 2.38. The Labute approximate surface area is 265 Å². The SMILES string of the molecule is CCCC(CCO)(O[Si](C)(C)C(C)(C)C)C(C(=O)Oc1ccccc1)c1ccc(CCCCO[Si](C)(C)C(C)(C)C)cc1. The Morgan fingerprint density at radius 2 is 1.40 bits per heavy atom. The first-order chi connectivity index (χ1) is 19.9. The van der Waals surface area contributed by atoms with Gasteiger partial charge in [-0.3, -0.25) is 4.79 Å². The Hall–Kier alpha value is -1.78. The van der Waals surface area contributed by atoms with E-state index in [0.29, 0.717) is 18.6 Å². The van der Waals surface area contributed by atoms with E-state index in [0.717, 1.165) is 37.9 Å². The minimum absolute atomic E-state index is 0.0620. The summed E-state index contributed by atoms with van der Waals surface area (Å²) in [5, 5.41) is 10.5. The summed E-state index contributed by atoms with van der Waals surface area (Å²) in [6, 6.07) is 17.6. The summed E-state index contributed by atoms with van der Waals surface area (Å²) >= 11 is 0. The largest absolute Gasteiger partial charge is 0.426 e. The zero-order valence-corrected chi connectivity index (χ0v) is 31.0. The molecule has 0 amide bonds. The quantitative estimate of drug-likeness (QED) is 0.0868. The van der Waals surface area contributed by atoms with E-state index >= 15 is 0 Å². The average molecular weight is 629 g/mol. The van der Waals surface area contributed by atoms with E-state index in [1.165, 1.54) is 5.56 Å². The lowest BCUT2D eigenvalue weighted by Crippen LogP contribution is -2.55. The van der Waals surface area contributed by atoms with Crippen LogP contribution in [0.25, 0.3) is 0 Å². The molecule has 2 rings (SSSR count). The van der Waals surface area contributed by atoms with E-state index < -0.39 is 28.2 Å². The smallest absolute Gasteiger partial charge is 0.321 e. The third-order valence-electron chi connectivity index (χ3n) is 9.64. The fraction of sp³-hybridized carbons (Fsp3) is 0.639. The first-order valence-corrected chi connectivity index (χ1v) is 22.0. The molecular formula is C36H60O5Si2. The van der Waals surface area contributed by atoms with E-state index in [9.17, 15) is 9.90 Å². The molecule has 0 bridgehead atoms. The topological polar surface area (TPSA) is 65.0 Å². The molecule has 0 heterocycles. The van der Waals surface area contributed by atoms with Gasteiger partial charge in [-0.1, -0.05) is 97.4 Å². The fourth-order valence-corrected chi connectivity index (χ4v) is 7.75. The highest BCUT2D eigenvalue weighted by atomic mass is 28.4. The number of para-hydroxylation sites is 1. The van der Waals surface area contributed by atoms with Crippen LogP contribution < -0.4 is 4.74 Å². The van der Waals surface area contributed by atoms with Crippen LogP contribution in [0.15, 0.2) is 54.6 Å². The summed E-state index contributed by atoms with van der Waals surface area (Å²) in [5.74, 6) is -0.515. The molecule has 0 aliphatic rings. The zero-order chi connectivity index (χ0) is 32.5. The molecule has 0 saturated heterocycles. The summed E-state index contributed by atoms with van der Waals surface area (Å²) in [6.07, 6.45) is 4.85. The Morgan fingerprint density at radius 1 is 0.814 bits per heavy atom. The normalized spacial score (nSPS) is 15.2. The molecule has 5 nitrogen and oxygen atoms in total. The number of ether oxygens (including phenoxy) is 1. The molecule has 0 saturated carbocycles. The molecule has 0 aliphatic heterocycles. The van der Waals surface area contributed by atoms with Gasteiger partial charge in [0.1, 0.15) is 11.7 Å². The number of aryl methyl sites for hydroxylation is 1. The maximum absolute atomic E-state index is 14.1. The molecule has 0 aromatic heterocycles. The van der Waals surface area contributed by atoms with Gasteiger partial charge in [0, 0.05) is 13.2 Å². The molecule has 242 valence electrons. The molecule has 2 aromatic rings. The third kappa shape index (κ3) is 10.4. The second-order valence-electron chi connectivity index (χ2n) is 15.1. The van der Waals surface area contributed by atoms with Gasteiger partial charge in [-0.15, -0.1) is 0 Å². The van der Waals surface area contributed by atoms with Crippen molar-refractivity contribution in [2.24, 2.45) is 0 Å². The van der Waals surface area contributed by atoms with Crippen molar-refractivity contribution in [1.82, 2.24) is 0 Å². The summed E-state index contributed by atoms with van der Waals surface area (Å²) in [4.78, 5) is 14.1. The van der Waals surface area contributed by atoms with Crippen LogP contribution in [0.1, 0.15) is 97.6 Å². The number of hydrogen-bond acceptors (Lipinski definition) is 5. The van der Waals surface area contributed by atoms with Crippen LogP contribution in [-0.2, 0) is 20.1 Å². The van der Waals surface area contributed by atoms with Gasteiger partial charge in [-0.05, 0) is 91.6 Å². The van der Waals surface area contributed by atoms with Crippen molar-refractivity contribution in [2.45, 2.75) is 135 Å². The maximum Gasteiger partial charge on any atom is 0.321 e. The number of benzene rings is 2. The van der Waals surface area contributed by atoms with Crippen molar-refractivity contribution in [3.63, 3.8) is 0 Å². The summed E-state index contributed by atoms with van der Waals surface area (Å²) in [6.45, 7) is 25.3. The van der Waals surface area contributed by atoms with Crippen LogP contribution in [0.2, 0.25) is 36.3 Å². The number of carbonyl (C=O) groups excluding carboxylic acids is 1. The predicted molar refractivity (Wildman–Crippen MR) is 185 cm³/mol. The average Bonchev–Trinajstić information content (AvgIpc) is 2.89. The van der Waals surface area contributed by atoms with Gasteiger partial charge in [0.25, 0.3) is 0 Å². The van der Waals surface area contributed by atoms with Gasteiger partial charge >= 0.3 is 5.97 Å². The van der Waals surface area contributed by atoms with E-state index in [2.05, 4.69) is 98.9 Å². The van der Waals surface area contributed by atoms with Gasteiger partial charge in [-0.25, -0.2) is 0 Å². The highest BCUT2D eigenvalue weighted by Crippen LogP contribution is 2.47. The van der Waals surface area contributed by atoms with Crippen molar-refractivity contribution in [3.8, 4) is 5.75 Å². The van der Waals surface area contributed by atoms with E-state index in [1.807, 2.05) is 18.2 Å². The van der Waals surface area contributed by atoms with Crippen LogP contribution >= 0.6 is 0 Å². The highest BCUT2D eigenvalue weighted by Gasteiger charge is 2.51. The van der Waals surface area contributed by atoms with Gasteiger partial charge in [-0.2, -0.15) is 0 Å². The number of aliphatic hydroxyl groups is 1. The van der Waals surface area contributed by atoms with Crippen molar-refractivity contribution in [2.75, 3.05) is 13.2 Å². The molecule has 2 unspecified atom stereocenters. The molecule has 1 N–H and O–H groups in total. The number of hydrogen-bond donors (Lipinski definition) is 1. The minimum Gasteiger partial charge on any atom is -0.426 e. The van der Waals surface area contributed by atoms with Crippen LogP contribution in [0, 0.1) is 0 Å². The van der Waals surface area contributed by atoms with Crippen molar-refractivity contribution < 1.29 is 23.5 Å². The first-order valence-electron chi connectivity index (χ1n) is 16.2. The Morgan fingerprint density at radius 3 is 1.91 bits per heavy atom. The van der Waals surface area contributed by atoms with Gasteiger partial charge < -0.3 is 18.7 Å². The molecule has 2 aromatic carbocycles. The molecule has 0 radical (unpaired) electrons. The van der Waals surface area contributed by atoms with Crippen LogP contribution in [0.5, 0.6) is 5.75 Å². The summed E-state index contributed by atoms with van der Waals surface area (Å²) in [5.41, 5.74) is 1.22. The van der Waals surface area contributed by atoms with Gasteiger partial charge in [0.2, 0.25) is 0 Å². The van der Waals surface area contributed by atoms with E-state index in [4.69, 9.17) is 13.6 Å². The number of unbranched alkanes of at least 4 members (excludes halogenated alkanes) is 1. The monoisotopic (exact) mass is 628 g/mol. The second kappa shape index (κ2) is 15.5. The lowest BCUT2D eigenvalue weighted by atomic mass is 9.77. The molecule has 7 heteroatoms. The van der Waals surface area contributed by atoms with Crippen LogP contribution in [-0.4, -0.2) is 46.5 Å². The molecule has 43 heavy (non-hydrogen) atoms. The van der Waals surface area contributed by atoms with Gasteiger partial charge in [0.15, 0.2) is 16.6 Å². The molecular weight excluding hydrogens is 569 g/mol. The fourth-order valence-electron chi connectivity index (χ4n) is 5.02. The predicted octanol–water partition coefficient (Wildman–Crippen LogP) is 9.66. The van der Waals surface area contributed by atoms with Crippen molar-refractivity contribution in [3.05, 3.63) is 65.7 Å². The molecule has 0 aliphatic carbocycles. The highest BCUT2D eigenvalue weighted by molar-refractivity contribution is 6.74. The summed E-state index contributed by atoms with van der Waals surface area (Å²) < 4.78 is 19.6. The lowest BCUT2D eigenvalue weighted by molar-refractivity contribution is -0.143. The lowest BCUT2D eigenvalue weighted by Gasteiger charge is -2.48. The summed E-state index contributed by atoms with van der Waals surface area (Å²) in [7, 11) is -4.06. The molecule has 0 spiro atoms. The first kappa shape index (κ1) is 37.4. The van der Waals surface area contributed by atoms with Crippen molar-refractivity contribution in [1.29, 1.82) is 0 Å². The molecule has 2 atom stereocenters. The maximum atomic E-state index is 14.1. The van der Waals surface area contributed by atoms with Crippen LogP contribution in [0.4, 0.5) is 0 Å². The number of carbonyl (C=O) groups is 1. The third-order valence-corrected chi connectivity index (χ3v) is 18.7. The number of aliphatic hydroxyl groups excluding tert-OH is 1. The number of esters is 1. The second-order valence-corrected chi connectivity index (χ2v) is 24.7. The van der Waals surface area contributed by atoms with Crippen molar-refractivity contribution >= 4 is 22.6 Å². The standard InChI is InChI=1S/C36H60O5Si2/c1-12-25-36(26-27-37,41-43(10,11)35(5,6)7)32(33(38)40-31-19-14-13-15-20-31)30-23-21-29(22-24-30)18-16-17-28-39-42(8,9)34(2,3)4/h13-15,19-24,32,37H,12,16-18,25-28H2,1-11H3. The Bertz CT molecular complexity index is 1110. The Kier molecular flexibility index (Phi) is 13.5. The number of rotatable bonds is 16. The molecule has 0 fully saturated rings. The van der Waals surface area contributed by atoms with Gasteiger partial charge in [0.05, 0.1) is 5.60 Å².